The summed E-state index contributed by atoms with van der Waals surface area (Å²) >= 11 is 0. The molecule has 2 aliphatic carbocycles. The van der Waals surface area contributed by atoms with Gasteiger partial charge in [-0.15, -0.1) is 0 Å². The molecule has 0 spiro atoms. The van der Waals surface area contributed by atoms with Crippen LogP contribution in [-0.2, 0) is 4.65 Å². The average molecular weight is 322 g/mol. The second-order valence-corrected chi connectivity index (χ2v) is 8.34. The summed E-state index contributed by atoms with van der Waals surface area (Å²) in [5, 5.41) is 22.2. The fraction of sp³-hybridized carbons (Fsp3) is 0.941. The van der Waals surface area contributed by atoms with Crippen LogP contribution in [0.25, 0.3) is 0 Å². The van der Waals surface area contributed by atoms with E-state index in [2.05, 4.69) is 5.32 Å². The maximum absolute atomic E-state index is 10.2. The Morgan fingerprint density at radius 2 is 1.96 bits per heavy atom. The van der Waals surface area contributed by atoms with Crippen molar-refractivity contribution in [2.24, 2.45) is 17.6 Å². The lowest BCUT2D eigenvalue weighted by Crippen LogP contribution is -2.50. The van der Waals surface area contributed by atoms with Crippen LogP contribution in [0.15, 0.2) is 0 Å². The highest BCUT2D eigenvalue weighted by Crippen LogP contribution is 2.35. The highest BCUT2D eigenvalue weighted by atomic mass is 16.5. The van der Waals surface area contributed by atoms with Gasteiger partial charge in [0, 0.05) is 17.6 Å². The zero-order valence-electron chi connectivity index (χ0n) is 15.1. The number of nitrogens with two attached hydrogens (primary N) is 1. The molecule has 2 saturated carbocycles. The first-order chi connectivity index (χ1) is 10.6. The molecule has 0 bridgehead atoms. The van der Waals surface area contributed by atoms with Gasteiger partial charge >= 0.3 is 7.48 Å². The van der Waals surface area contributed by atoms with Gasteiger partial charge in [0.1, 0.15) is 0 Å². The minimum absolute atomic E-state index is 0.0268. The fourth-order valence-corrected chi connectivity index (χ4v) is 2.71. The van der Waals surface area contributed by atoms with E-state index in [1.165, 1.54) is 0 Å². The van der Waals surface area contributed by atoms with E-state index >= 15 is 0 Å². The van der Waals surface area contributed by atoms with Gasteiger partial charge in [0.2, 0.25) is 0 Å². The summed E-state index contributed by atoms with van der Waals surface area (Å²) in [5.41, 5.74) is 4.81. The van der Waals surface area contributed by atoms with E-state index in [0.717, 1.165) is 44.5 Å². The summed E-state index contributed by atoms with van der Waals surface area (Å²) in [5.74, 6) is 1.05. The van der Waals surface area contributed by atoms with Crippen LogP contribution in [0.1, 0.15) is 53.4 Å². The van der Waals surface area contributed by atoms with Crippen LogP contribution in [0.3, 0.4) is 0 Å². The lowest BCUT2D eigenvalue weighted by molar-refractivity contribution is -0.0906. The third-order valence-corrected chi connectivity index (χ3v) is 5.61. The Bertz CT molecular complexity index is 413. The van der Waals surface area contributed by atoms with Crippen molar-refractivity contribution >= 4 is 13.2 Å². The molecular formula is C17H33BN3O2. The van der Waals surface area contributed by atoms with Crippen molar-refractivity contribution in [2.45, 2.75) is 76.4 Å². The van der Waals surface area contributed by atoms with E-state index in [4.69, 9.17) is 15.8 Å². The van der Waals surface area contributed by atoms with E-state index in [-0.39, 0.29) is 5.82 Å². The van der Waals surface area contributed by atoms with Gasteiger partial charge < -0.3 is 26.2 Å². The van der Waals surface area contributed by atoms with Crippen molar-refractivity contribution < 1.29 is 9.76 Å². The van der Waals surface area contributed by atoms with Gasteiger partial charge in [0.25, 0.3) is 0 Å². The zero-order valence-corrected chi connectivity index (χ0v) is 15.1. The van der Waals surface area contributed by atoms with Crippen LogP contribution in [-0.4, -0.2) is 48.6 Å². The predicted octanol–water partition coefficient (Wildman–Crippen LogP) is 1.72. The molecule has 2 aliphatic rings. The van der Waals surface area contributed by atoms with E-state index in [0.29, 0.717) is 17.9 Å². The SMILES string of the molecule is CC(C)(O)C(C)(C)O[B]C(CNC1CC(CN)C1)C(=N)C1CC1. The molecule has 0 aromatic rings. The second-order valence-electron chi connectivity index (χ2n) is 8.34. The maximum atomic E-state index is 10.2. The predicted molar refractivity (Wildman–Crippen MR) is 95.0 cm³/mol. The maximum Gasteiger partial charge on any atom is 0.303 e. The Hall–Kier alpha value is -0.425. The summed E-state index contributed by atoms with van der Waals surface area (Å²) in [4.78, 5) is 0. The number of aliphatic hydroxyl groups is 1. The Morgan fingerprint density at radius 1 is 1.35 bits per heavy atom. The molecule has 1 radical (unpaired) electrons. The molecule has 23 heavy (non-hydrogen) atoms. The topological polar surface area (TPSA) is 91.4 Å². The first-order valence-electron chi connectivity index (χ1n) is 8.89. The first kappa shape index (κ1) is 18.9. The summed E-state index contributed by atoms with van der Waals surface area (Å²) < 4.78 is 5.91. The normalized spacial score (nSPS) is 26.5. The van der Waals surface area contributed by atoms with Gasteiger partial charge in [0.15, 0.2) is 0 Å². The van der Waals surface area contributed by atoms with Crippen molar-refractivity contribution in [3.8, 4) is 0 Å². The van der Waals surface area contributed by atoms with Crippen LogP contribution < -0.4 is 11.1 Å². The second kappa shape index (κ2) is 7.22. The van der Waals surface area contributed by atoms with Crippen molar-refractivity contribution in [1.29, 1.82) is 5.41 Å². The molecule has 0 aromatic heterocycles. The third kappa shape index (κ3) is 5.02. The van der Waals surface area contributed by atoms with E-state index in [1.54, 1.807) is 21.3 Å². The van der Waals surface area contributed by atoms with Crippen molar-refractivity contribution in [2.75, 3.05) is 13.1 Å². The molecule has 2 rings (SSSR count). The third-order valence-electron chi connectivity index (χ3n) is 5.61. The highest BCUT2D eigenvalue weighted by Gasteiger charge is 2.39. The van der Waals surface area contributed by atoms with Gasteiger partial charge in [0.05, 0.1) is 11.2 Å². The molecule has 0 aromatic carbocycles. The minimum Gasteiger partial charge on any atom is -0.432 e. The lowest BCUT2D eigenvalue weighted by atomic mass is 9.72. The van der Waals surface area contributed by atoms with Crippen LogP contribution in [0.5, 0.6) is 0 Å². The van der Waals surface area contributed by atoms with Crippen LogP contribution >= 0.6 is 0 Å². The molecule has 1 unspecified atom stereocenters. The summed E-state index contributed by atoms with van der Waals surface area (Å²) in [6.07, 6.45) is 4.51. The first-order valence-corrected chi connectivity index (χ1v) is 8.89. The molecule has 0 saturated heterocycles. The Labute approximate surface area is 141 Å². The Balaban J connectivity index is 1.83. The Kier molecular flexibility index (Phi) is 5.93. The van der Waals surface area contributed by atoms with Crippen molar-refractivity contribution in [1.82, 2.24) is 5.32 Å². The summed E-state index contributed by atoms with van der Waals surface area (Å²) in [6.45, 7) is 8.77. The van der Waals surface area contributed by atoms with Gasteiger partial charge in [-0.3, -0.25) is 0 Å². The van der Waals surface area contributed by atoms with E-state index in [1.807, 2.05) is 13.8 Å². The monoisotopic (exact) mass is 322 g/mol. The van der Waals surface area contributed by atoms with Crippen LogP contribution in [0, 0.1) is 17.2 Å². The minimum atomic E-state index is -0.939. The Morgan fingerprint density at radius 3 is 2.43 bits per heavy atom. The quantitative estimate of drug-likeness (QED) is 0.364. The van der Waals surface area contributed by atoms with E-state index in [9.17, 15) is 5.11 Å². The molecule has 0 amide bonds. The summed E-state index contributed by atoms with van der Waals surface area (Å²) in [7, 11) is 1.77. The highest BCUT2D eigenvalue weighted by molar-refractivity contribution is 6.38. The largest absolute Gasteiger partial charge is 0.432 e. The lowest BCUT2D eigenvalue weighted by Gasteiger charge is -2.39. The van der Waals surface area contributed by atoms with Crippen LogP contribution in [0.4, 0.5) is 0 Å². The molecule has 5 N–H and O–H groups in total. The molecule has 1 atom stereocenters. The van der Waals surface area contributed by atoms with Gasteiger partial charge in [-0.1, -0.05) is 0 Å². The molecule has 5 nitrogen and oxygen atoms in total. The van der Waals surface area contributed by atoms with Gasteiger partial charge in [-0.05, 0) is 78.3 Å². The number of nitrogens with one attached hydrogen (secondary N) is 2. The molecule has 0 aliphatic heterocycles. The molecule has 0 heterocycles. The average Bonchev–Trinajstić information content (AvgIpc) is 3.22. The molecular weight excluding hydrogens is 289 g/mol. The molecule has 131 valence electrons. The smallest absolute Gasteiger partial charge is 0.303 e. The fourth-order valence-electron chi connectivity index (χ4n) is 2.71. The van der Waals surface area contributed by atoms with Crippen molar-refractivity contribution in [3.63, 3.8) is 0 Å². The van der Waals surface area contributed by atoms with E-state index < -0.39 is 11.2 Å². The summed E-state index contributed by atoms with van der Waals surface area (Å²) in [6, 6.07) is 0.522. The number of hydrogen-bond acceptors (Lipinski definition) is 5. The van der Waals surface area contributed by atoms with Gasteiger partial charge in [-0.25, -0.2) is 0 Å². The van der Waals surface area contributed by atoms with Crippen molar-refractivity contribution in [3.05, 3.63) is 0 Å². The molecule has 6 heteroatoms. The molecule has 2 fully saturated rings. The zero-order chi connectivity index (χ0) is 17.3. The standard InChI is InChI=1S/C17H33BN3O2/c1-16(2,22)17(3,4)23-18-14(15(20)12-5-6-12)10-21-13-7-11(8-13)9-19/h11-14,20-22H,5-10,19H2,1-4H3. The van der Waals surface area contributed by atoms with Gasteiger partial charge in [-0.2, -0.15) is 0 Å². The number of hydrogen-bond donors (Lipinski definition) is 4. The van der Waals surface area contributed by atoms with Crippen LogP contribution in [0.2, 0.25) is 5.82 Å². The number of rotatable bonds is 10.